The zero-order valence-corrected chi connectivity index (χ0v) is 15.1. The largest absolute Gasteiger partial charge is 0.493 e. The lowest BCUT2D eigenvalue weighted by Gasteiger charge is -2.09. The summed E-state index contributed by atoms with van der Waals surface area (Å²) in [5.41, 5.74) is 2.51. The van der Waals surface area contributed by atoms with Crippen molar-refractivity contribution in [2.24, 2.45) is 0 Å². The van der Waals surface area contributed by atoms with E-state index in [-0.39, 0.29) is 5.75 Å². The van der Waals surface area contributed by atoms with Crippen LogP contribution in [-0.4, -0.2) is 25.3 Å². The molecule has 0 aliphatic rings. The van der Waals surface area contributed by atoms with Gasteiger partial charge >= 0.3 is 6.61 Å². The highest BCUT2D eigenvalue weighted by molar-refractivity contribution is 7.13. The van der Waals surface area contributed by atoms with Gasteiger partial charge < -0.3 is 14.2 Å². The maximum atomic E-state index is 12.2. The molecule has 0 aliphatic carbocycles. The van der Waals surface area contributed by atoms with Crippen LogP contribution in [0.5, 0.6) is 17.2 Å². The summed E-state index contributed by atoms with van der Waals surface area (Å²) in [5.74, 6) is 1.45. The average molecular weight is 377 g/mol. The summed E-state index contributed by atoms with van der Waals surface area (Å²) in [4.78, 5) is 4.63. The van der Waals surface area contributed by atoms with Gasteiger partial charge in [0, 0.05) is 16.5 Å². The molecular weight excluding hydrogens is 360 g/mol. The number of halogens is 2. The maximum Gasteiger partial charge on any atom is 0.387 e. The molecule has 4 nitrogen and oxygen atoms in total. The highest BCUT2D eigenvalue weighted by Crippen LogP contribution is 2.35. The molecule has 0 bridgehead atoms. The lowest BCUT2D eigenvalue weighted by Crippen LogP contribution is -2.01. The van der Waals surface area contributed by atoms with E-state index < -0.39 is 6.61 Å². The summed E-state index contributed by atoms with van der Waals surface area (Å²) in [6.07, 6.45) is 0. The molecule has 0 N–H and O–H groups in total. The van der Waals surface area contributed by atoms with Crippen molar-refractivity contribution in [1.29, 1.82) is 0 Å². The second kappa shape index (κ2) is 8.14. The molecule has 136 valence electrons. The van der Waals surface area contributed by atoms with Crippen molar-refractivity contribution in [3.63, 3.8) is 0 Å². The van der Waals surface area contributed by atoms with Crippen LogP contribution in [0.15, 0.2) is 47.8 Å². The van der Waals surface area contributed by atoms with Gasteiger partial charge in [-0.2, -0.15) is 8.78 Å². The highest BCUT2D eigenvalue weighted by atomic mass is 32.1. The Bertz CT molecular complexity index is 865. The minimum absolute atomic E-state index is 0.121. The van der Waals surface area contributed by atoms with Crippen LogP contribution in [0, 0.1) is 0 Å². The van der Waals surface area contributed by atoms with E-state index in [1.54, 1.807) is 19.2 Å². The number of hydrogen-bond acceptors (Lipinski definition) is 5. The fraction of sp³-hybridized carbons (Fsp3) is 0.211. The minimum Gasteiger partial charge on any atom is -0.493 e. The third kappa shape index (κ3) is 4.11. The van der Waals surface area contributed by atoms with Crippen molar-refractivity contribution >= 4 is 11.3 Å². The number of rotatable bonds is 7. The van der Waals surface area contributed by atoms with Gasteiger partial charge in [-0.15, -0.1) is 11.3 Å². The molecule has 3 rings (SSSR count). The monoisotopic (exact) mass is 377 g/mol. The Kier molecular flexibility index (Phi) is 5.68. The summed E-state index contributed by atoms with van der Waals surface area (Å²) < 4.78 is 39.7. The van der Waals surface area contributed by atoms with E-state index in [0.717, 1.165) is 21.8 Å². The Morgan fingerprint density at radius 1 is 1.04 bits per heavy atom. The predicted molar refractivity (Wildman–Crippen MR) is 97.3 cm³/mol. The Morgan fingerprint density at radius 2 is 1.77 bits per heavy atom. The van der Waals surface area contributed by atoms with Crippen LogP contribution in [0.25, 0.3) is 21.8 Å². The van der Waals surface area contributed by atoms with Crippen molar-refractivity contribution < 1.29 is 23.0 Å². The molecule has 0 amide bonds. The van der Waals surface area contributed by atoms with E-state index in [1.807, 2.05) is 30.5 Å². The quantitative estimate of drug-likeness (QED) is 0.546. The number of aromatic nitrogens is 1. The zero-order valence-electron chi connectivity index (χ0n) is 14.2. The first kappa shape index (κ1) is 18.1. The molecule has 0 fully saturated rings. The van der Waals surface area contributed by atoms with Crippen LogP contribution in [-0.2, 0) is 0 Å². The topological polar surface area (TPSA) is 40.6 Å². The molecule has 7 heteroatoms. The minimum atomic E-state index is -2.83. The molecule has 2 aromatic carbocycles. The molecule has 1 aromatic heterocycles. The predicted octanol–water partition coefficient (Wildman–Crippen LogP) is 5.49. The Labute approximate surface area is 154 Å². The number of thiazole rings is 1. The standard InChI is InChI=1S/C19H17F2NO3S/c1-3-24-16-9-6-13(10-17(16)23-2)18-22-15(11-26-18)12-4-7-14(8-5-12)25-19(20)21/h4-11,19H,3H2,1-2H3. The van der Waals surface area contributed by atoms with Crippen LogP contribution < -0.4 is 14.2 Å². The lowest BCUT2D eigenvalue weighted by atomic mass is 10.1. The summed E-state index contributed by atoms with van der Waals surface area (Å²) in [6.45, 7) is -0.359. The molecule has 0 saturated carbocycles. The van der Waals surface area contributed by atoms with Crippen LogP contribution in [0.3, 0.4) is 0 Å². The summed E-state index contributed by atoms with van der Waals surface area (Å²) in [5, 5.41) is 2.75. The number of nitrogens with zero attached hydrogens (tertiary/aromatic N) is 1. The van der Waals surface area contributed by atoms with Gasteiger partial charge in [0.05, 0.1) is 19.4 Å². The number of methoxy groups -OCH3 is 1. The Hall–Kier alpha value is -2.67. The molecule has 0 spiro atoms. The van der Waals surface area contributed by atoms with Crippen molar-refractivity contribution in [1.82, 2.24) is 4.98 Å². The van der Waals surface area contributed by atoms with Crippen LogP contribution in [0.1, 0.15) is 6.92 Å². The number of benzene rings is 2. The van der Waals surface area contributed by atoms with Crippen LogP contribution >= 0.6 is 11.3 Å². The van der Waals surface area contributed by atoms with E-state index in [4.69, 9.17) is 9.47 Å². The van der Waals surface area contributed by atoms with Crippen molar-refractivity contribution in [2.45, 2.75) is 13.5 Å². The van der Waals surface area contributed by atoms with E-state index in [9.17, 15) is 8.78 Å². The first-order chi connectivity index (χ1) is 12.6. The molecule has 0 aliphatic heterocycles. The fourth-order valence-corrected chi connectivity index (χ4v) is 3.25. The van der Waals surface area contributed by atoms with Gasteiger partial charge in [0.15, 0.2) is 11.5 Å². The molecule has 0 atom stereocenters. The molecule has 26 heavy (non-hydrogen) atoms. The first-order valence-corrected chi connectivity index (χ1v) is 8.80. The summed E-state index contributed by atoms with van der Waals surface area (Å²) in [6, 6.07) is 12.1. The second-order valence-corrected chi connectivity index (χ2v) is 6.10. The third-order valence-electron chi connectivity index (χ3n) is 3.59. The van der Waals surface area contributed by atoms with Gasteiger partial charge in [-0.3, -0.25) is 0 Å². The molecule has 3 aromatic rings. The maximum absolute atomic E-state index is 12.2. The lowest BCUT2D eigenvalue weighted by molar-refractivity contribution is -0.0498. The van der Waals surface area contributed by atoms with Gasteiger partial charge in [0.2, 0.25) is 0 Å². The molecule has 0 radical (unpaired) electrons. The first-order valence-electron chi connectivity index (χ1n) is 7.92. The van der Waals surface area contributed by atoms with Gasteiger partial charge in [-0.05, 0) is 49.4 Å². The number of hydrogen-bond donors (Lipinski definition) is 0. The van der Waals surface area contributed by atoms with Gasteiger partial charge in [-0.1, -0.05) is 0 Å². The van der Waals surface area contributed by atoms with Gasteiger partial charge in [0.1, 0.15) is 10.8 Å². The van der Waals surface area contributed by atoms with E-state index in [0.29, 0.717) is 18.1 Å². The fourth-order valence-electron chi connectivity index (χ4n) is 2.42. The van der Waals surface area contributed by atoms with Crippen molar-refractivity contribution in [3.05, 3.63) is 47.8 Å². The molecule has 0 saturated heterocycles. The number of alkyl halides is 2. The molecular formula is C19H17F2NO3S. The summed E-state index contributed by atoms with van der Waals surface area (Å²) in [7, 11) is 1.60. The average Bonchev–Trinajstić information content (AvgIpc) is 3.12. The zero-order chi connectivity index (χ0) is 18.5. The van der Waals surface area contributed by atoms with Crippen LogP contribution in [0.2, 0.25) is 0 Å². The SMILES string of the molecule is CCOc1ccc(-c2nc(-c3ccc(OC(F)F)cc3)cs2)cc1OC. The van der Waals surface area contributed by atoms with Gasteiger partial charge in [0.25, 0.3) is 0 Å². The number of ether oxygens (including phenoxy) is 3. The molecule has 1 heterocycles. The van der Waals surface area contributed by atoms with Gasteiger partial charge in [-0.25, -0.2) is 4.98 Å². The molecule has 0 unspecified atom stereocenters. The normalized spacial score (nSPS) is 10.8. The Morgan fingerprint density at radius 3 is 2.42 bits per heavy atom. The second-order valence-electron chi connectivity index (χ2n) is 5.24. The highest BCUT2D eigenvalue weighted by Gasteiger charge is 2.11. The summed E-state index contributed by atoms with van der Waals surface area (Å²) >= 11 is 1.49. The Balaban J connectivity index is 1.83. The van der Waals surface area contributed by atoms with E-state index in [2.05, 4.69) is 9.72 Å². The smallest absolute Gasteiger partial charge is 0.387 e. The van der Waals surface area contributed by atoms with Crippen molar-refractivity contribution in [2.75, 3.05) is 13.7 Å². The van der Waals surface area contributed by atoms with E-state index >= 15 is 0 Å². The van der Waals surface area contributed by atoms with Crippen LogP contribution in [0.4, 0.5) is 8.78 Å². The third-order valence-corrected chi connectivity index (χ3v) is 4.48. The van der Waals surface area contributed by atoms with E-state index in [1.165, 1.54) is 23.5 Å². The van der Waals surface area contributed by atoms with Crippen molar-refractivity contribution in [3.8, 4) is 39.1 Å².